The monoisotopic (exact) mass is 934 g/mol. The van der Waals surface area contributed by atoms with E-state index in [-0.39, 0.29) is 64.6 Å². The molecular weight excluding hydrogens is 868 g/mol. The van der Waals surface area contributed by atoms with Crippen LogP contribution in [-0.2, 0) is 105 Å². The fourth-order valence-corrected chi connectivity index (χ4v) is 6.96. The summed E-state index contributed by atoms with van der Waals surface area (Å²) in [5, 5.41) is 0. The summed E-state index contributed by atoms with van der Waals surface area (Å²) < 4.78 is 59.8. The van der Waals surface area contributed by atoms with Gasteiger partial charge in [0.15, 0.2) is 0 Å². The Morgan fingerprint density at radius 2 is 0.538 bits per heavy atom. The van der Waals surface area contributed by atoms with Gasteiger partial charge in [0.25, 0.3) is 0 Å². The first-order valence-corrected chi connectivity index (χ1v) is 21.0. The Morgan fingerprint density at radius 3 is 0.815 bits per heavy atom. The molecule has 0 fully saturated rings. The molecule has 370 valence electrons. The second-order valence-electron chi connectivity index (χ2n) is 15.4. The molecule has 0 unspecified atom stereocenters. The maximum absolute atomic E-state index is 12.5. The van der Waals surface area contributed by atoms with Gasteiger partial charge in [-0.15, -0.1) is 0 Å². The highest BCUT2D eigenvalue weighted by atomic mass is 16.6. The van der Waals surface area contributed by atoms with Gasteiger partial charge in [0, 0.05) is 133 Å². The van der Waals surface area contributed by atoms with Gasteiger partial charge in [-0.25, -0.2) is 0 Å². The summed E-state index contributed by atoms with van der Waals surface area (Å²) in [7, 11) is 0. The SMILES string of the molecule is CC(=O)OCC[C@H](OC(C)=O)[C@H](C)[C@@H](C[C@@H](C[C@@H](C[C@H](C[C@@H](C[C@H](C[C@H](C[C@H](COC(C)=O)OC(C)=O)OC(C)=O)OC(C)=O)OC(C)=O)OC(C)=O)OC(C)=O)OC(C)=O)OC(C)=O. The average molecular weight is 935 g/mol. The molecule has 10 atom stereocenters. The Bertz CT molecular complexity index is 1620. The Hall–Kier alpha value is -5.83. The molecule has 0 aromatic carbocycles. The highest BCUT2D eigenvalue weighted by Gasteiger charge is 2.37. The molecule has 0 bridgehead atoms. The van der Waals surface area contributed by atoms with E-state index in [1.54, 1.807) is 6.92 Å². The van der Waals surface area contributed by atoms with Crippen molar-refractivity contribution in [3.8, 4) is 0 Å². The van der Waals surface area contributed by atoms with E-state index in [1.807, 2.05) is 0 Å². The number of hydrogen-bond donors (Lipinski definition) is 0. The van der Waals surface area contributed by atoms with Crippen LogP contribution in [0, 0.1) is 5.92 Å². The topological polar surface area (TPSA) is 289 Å². The summed E-state index contributed by atoms with van der Waals surface area (Å²) in [6.07, 6.45) is -11.8. The molecule has 0 aliphatic carbocycles. The molecule has 0 saturated heterocycles. The lowest BCUT2D eigenvalue weighted by Crippen LogP contribution is -2.40. The van der Waals surface area contributed by atoms with Crippen molar-refractivity contribution < 1.29 is 105 Å². The molecule has 0 saturated carbocycles. The third-order valence-electron chi connectivity index (χ3n) is 8.97. The van der Waals surface area contributed by atoms with Crippen LogP contribution in [0.4, 0.5) is 0 Å². The molecule has 0 spiro atoms. The summed E-state index contributed by atoms with van der Waals surface area (Å²) in [6.45, 7) is 13.5. The van der Waals surface area contributed by atoms with Gasteiger partial charge in [0.2, 0.25) is 0 Å². The van der Waals surface area contributed by atoms with Crippen molar-refractivity contribution in [1.82, 2.24) is 0 Å². The summed E-state index contributed by atoms with van der Waals surface area (Å²) in [4.78, 5) is 134. The first-order valence-electron chi connectivity index (χ1n) is 21.0. The molecule has 22 nitrogen and oxygen atoms in total. The van der Waals surface area contributed by atoms with E-state index >= 15 is 0 Å². The fraction of sp³-hybridized carbons (Fsp3) is 0.744. The van der Waals surface area contributed by atoms with Crippen molar-refractivity contribution in [2.75, 3.05) is 13.2 Å². The van der Waals surface area contributed by atoms with Gasteiger partial charge in [0.1, 0.15) is 61.5 Å². The molecule has 0 aliphatic heterocycles. The standard InChI is InChI=1S/C43H66O22/c1-23(42(64-33(11)53)13-14-55-24(2)44)43(65-34(12)54)21-40(62-31(9)51)19-38(60-29(7)49)17-36(58-27(5)47)15-35(57-26(4)46)16-37(59-28(6)48)18-39(61-30(8)50)20-41(63-32(10)52)22-56-25(3)45/h23,35-43H,13-22H2,1-12H3/t23-,35-,36-,37+,38+,39+,40+,41+,42-,43+/m0/s1. The third-order valence-corrected chi connectivity index (χ3v) is 8.97. The van der Waals surface area contributed by atoms with Gasteiger partial charge in [-0.05, 0) is 0 Å². The maximum atomic E-state index is 12.5. The number of hydrogen-bond acceptors (Lipinski definition) is 22. The van der Waals surface area contributed by atoms with E-state index in [2.05, 4.69) is 0 Å². The van der Waals surface area contributed by atoms with Crippen molar-refractivity contribution in [3.63, 3.8) is 0 Å². The van der Waals surface area contributed by atoms with Gasteiger partial charge in [0.05, 0.1) is 6.61 Å². The minimum atomic E-state index is -1.20. The zero-order valence-corrected chi connectivity index (χ0v) is 39.3. The Labute approximate surface area is 378 Å². The van der Waals surface area contributed by atoms with Crippen LogP contribution in [-0.4, -0.2) is 134 Å². The summed E-state index contributed by atoms with van der Waals surface area (Å²) in [6, 6.07) is 0. The van der Waals surface area contributed by atoms with Crippen LogP contribution in [0.3, 0.4) is 0 Å². The van der Waals surface area contributed by atoms with Crippen molar-refractivity contribution >= 4 is 65.7 Å². The fourth-order valence-electron chi connectivity index (χ4n) is 6.96. The van der Waals surface area contributed by atoms with Gasteiger partial charge in [-0.1, -0.05) is 6.92 Å². The molecule has 0 heterocycles. The molecule has 0 aromatic rings. The zero-order chi connectivity index (χ0) is 50.0. The van der Waals surface area contributed by atoms with E-state index in [1.165, 1.54) is 6.92 Å². The molecule has 0 N–H and O–H groups in total. The molecule has 0 amide bonds. The predicted octanol–water partition coefficient (Wildman–Crippen LogP) is 3.25. The second-order valence-corrected chi connectivity index (χ2v) is 15.4. The number of esters is 11. The zero-order valence-electron chi connectivity index (χ0n) is 39.3. The van der Waals surface area contributed by atoms with Crippen molar-refractivity contribution in [2.24, 2.45) is 5.92 Å². The van der Waals surface area contributed by atoms with Crippen LogP contribution < -0.4 is 0 Å². The average Bonchev–Trinajstić information content (AvgIpc) is 3.10. The van der Waals surface area contributed by atoms with Gasteiger partial charge < -0.3 is 52.1 Å². The lowest BCUT2D eigenvalue weighted by molar-refractivity contribution is -0.166. The molecule has 22 heteroatoms. The minimum absolute atomic E-state index is 0.0214. The van der Waals surface area contributed by atoms with Crippen molar-refractivity contribution in [2.45, 2.75) is 189 Å². The second kappa shape index (κ2) is 31.1. The summed E-state index contributed by atoms with van der Waals surface area (Å²) in [5.74, 6) is -8.81. The van der Waals surface area contributed by atoms with Crippen molar-refractivity contribution in [3.05, 3.63) is 0 Å². The van der Waals surface area contributed by atoms with Gasteiger partial charge in [-0.3, -0.25) is 52.7 Å². The molecule has 65 heavy (non-hydrogen) atoms. The smallest absolute Gasteiger partial charge is 0.303 e. The van der Waals surface area contributed by atoms with Crippen LogP contribution in [0.1, 0.15) is 134 Å². The van der Waals surface area contributed by atoms with Crippen molar-refractivity contribution in [1.29, 1.82) is 0 Å². The highest BCUT2D eigenvalue weighted by Crippen LogP contribution is 2.29. The lowest BCUT2D eigenvalue weighted by atomic mass is 9.89. The molecular formula is C43H66O22. The first-order chi connectivity index (χ1) is 30.1. The van der Waals surface area contributed by atoms with Crippen LogP contribution in [0.5, 0.6) is 0 Å². The van der Waals surface area contributed by atoms with Gasteiger partial charge in [-0.2, -0.15) is 0 Å². The van der Waals surface area contributed by atoms with E-state index in [0.717, 1.165) is 69.2 Å². The van der Waals surface area contributed by atoms with E-state index in [4.69, 9.17) is 52.1 Å². The highest BCUT2D eigenvalue weighted by molar-refractivity contribution is 5.70. The molecule has 0 radical (unpaired) electrons. The number of carbonyl (C=O) groups excluding carboxylic acids is 11. The maximum Gasteiger partial charge on any atom is 0.303 e. The minimum Gasteiger partial charge on any atom is -0.466 e. The normalized spacial score (nSPS) is 15.4. The van der Waals surface area contributed by atoms with Crippen LogP contribution in [0.2, 0.25) is 0 Å². The largest absolute Gasteiger partial charge is 0.466 e. The third kappa shape index (κ3) is 30.8. The Balaban J connectivity index is 6.90. The van der Waals surface area contributed by atoms with Crippen LogP contribution in [0.25, 0.3) is 0 Å². The van der Waals surface area contributed by atoms with E-state index < -0.39 is 127 Å². The lowest BCUT2D eigenvalue weighted by Gasteiger charge is -2.33. The molecule has 0 aliphatic rings. The number of ether oxygens (including phenoxy) is 11. The number of rotatable bonds is 30. The Kier molecular flexibility index (Phi) is 28.3. The van der Waals surface area contributed by atoms with Crippen LogP contribution >= 0.6 is 0 Å². The van der Waals surface area contributed by atoms with Crippen LogP contribution in [0.15, 0.2) is 0 Å². The predicted molar refractivity (Wildman–Crippen MR) is 219 cm³/mol. The van der Waals surface area contributed by atoms with Gasteiger partial charge >= 0.3 is 65.7 Å². The molecule has 0 rings (SSSR count). The summed E-state index contributed by atoms with van der Waals surface area (Å²) >= 11 is 0. The summed E-state index contributed by atoms with van der Waals surface area (Å²) in [5.41, 5.74) is 0. The Morgan fingerprint density at radius 1 is 0.292 bits per heavy atom. The van der Waals surface area contributed by atoms with E-state index in [0.29, 0.717) is 0 Å². The van der Waals surface area contributed by atoms with E-state index in [9.17, 15) is 52.7 Å². The quantitative estimate of drug-likeness (QED) is 0.0737. The number of carbonyl (C=O) groups is 11. The molecule has 0 aromatic heterocycles. The first kappa shape index (κ1) is 59.2.